The maximum absolute atomic E-state index is 12.7. The number of para-hydroxylation sites is 2. The minimum atomic E-state index is -3.84. The number of allylic oxidation sites excluding steroid dienone is 1. The van der Waals surface area contributed by atoms with Gasteiger partial charge in [-0.2, -0.15) is 0 Å². The average molecular weight is 461 g/mol. The van der Waals surface area contributed by atoms with E-state index in [2.05, 4.69) is 20.0 Å². The number of carbonyl (C=O) groups excluding carboxylic acids is 1. The van der Waals surface area contributed by atoms with E-state index in [4.69, 9.17) is 4.74 Å². The highest BCUT2D eigenvalue weighted by atomic mass is 32.2. The van der Waals surface area contributed by atoms with Crippen LogP contribution in [-0.2, 0) is 10.0 Å². The van der Waals surface area contributed by atoms with Crippen molar-refractivity contribution in [3.63, 3.8) is 0 Å². The first kappa shape index (κ1) is 22.0. The minimum Gasteiger partial charge on any atom is -0.497 e. The van der Waals surface area contributed by atoms with Crippen LogP contribution in [0, 0.1) is 0 Å². The van der Waals surface area contributed by atoms with E-state index in [1.165, 1.54) is 30.6 Å². The largest absolute Gasteiger partial charge is 0.497 e. The monoisotopic (exact) mass is 460 g/mol. The van der Waals surface area contributed by atoms with Crippen LogP contribution >= 0.6 is 0 Å². The molecular weight excluding hydrogens is 440 g/mol. The van der Waals surface area contributed by atoms with Gasteiger partial charge in [0.05, 0.1) is 29.2 Å². The number of ether oxygens (including phenoxy) is 1. The zero-order valence-electron chi connectivity index (χ0n) is 17.6. The molecule has 33 heavy (non-hydrogen) atoms. The van der Waals surface area contributed by atoms with E-state index >= 15 is 0 Å². The summed E-state index contributed by atoms with van der Waals surface area (Å²) in [7, 11) is -2.28. The predicted octanol–water partition coefficient (Wildman–Crippen LogP) is 4.25. The van der Waals surface area contributed by atoms with Crippen LogP contribution in [0.15, 0.2) is 96.2 Å². The van der Waals surface area contributed by atoms with Gasteiger partial charge in [-0.05, 0) is 60.7 Å². The highest BCUT2D eigenvalue weighted by Crippen LogP contribution is 2.19. The number of carbonyl (C=O) groups is 1. The number of ketones is 1. The molecule has 1 aromatic heterocycles. The summed E-state index contributed by atoms with van der Waals surface area (Å²) in [5, 5.41) is 2.95. The zero-order valence-corrected chi connectivity index (χ0v) is 18.4. The predicted molar refractivity (Wildman–Crippen MR) is 127 cm³/mol. The van der Waals surface area contributed by atoms with Crippen LogP contribution in [0.1, 0.15) is 10.4 Å². The van der Waals surface area contributed by atoms with Crippen LogP contribution in [0.4, 0.5) is 11.5 Å². The topological polar surface area (TPSA) is 110 Å². The number of aromatic nitrogens is 2. The van der Waals surface area contributed by atoms with Crippen molar-refractivity contribution in [2.24, 2.45) is 0 Å². The molecule has 0 aliphatic rings. The van der Waals surface area contributed by atoms with Gasteiger partial charge in [0.25, 0.3) is 10.0 Å². The van der Waals surface area contributed by atoms with Crippen LogP contribution < -0.4 is 14.8 Å². The summed E-state index contributed by atoms with van der Waals surface area (Å²) in [4.78, 5) is 20.8. The lowest BCUT2D eigenvalue weighted by molar-refractivity contribution is 0.104. The molecule has 8 nitrogen and oxygen atoms in total. The van der Waals surface area contributed by atoms with Crippen molar-refractivity contribution in [1.29, 1.82) is 0 Å². The van der Waals surface area contributed by atoms with Crippen molar-refractivity contribution in [2.75, 3.05) is 17.1 Å². The van der Waals surface area contributed by atoms with Gasteiger partial charge in [0.2, 0.25) is 0 Å². The Bertz CT molecular complexity index is 1420. The van der Waals surface area contributed by atoms with Crippen molar-refractivity contribution in [3.8, 4) is 5.75 Å². The van der Waals surface area contributed by atoms with Crippen LogP contribution in [0.2, 0.25) is 0 Å². The molecule has 4 rings (SSSR count). The number of anilines is 2. The molecule has 0 saturated heterocycles. The Kier molecular flexibility index (Phi) is 6.32. The molecule has 0 unspecified atom stereocenters. The van der Waals surface area contributed by atoms with Gasteiger partial charge in [-0.25, -0.2) is 13.4 Å². The SMILES string of the molecule is COc1ccc(C(=O)C=CNc2ccc(S(=O)(=O)Nc3cnc4ccccc4n3)cc2)cc1. The highest BCUT2D eigenvalue weighted by Gasteiger charge is 2.15. The number of nitrogens with zero attached hydrogens (tertiary/aromatic N) is 2. The molecule has 0 fully saturated rings. The lowest BCUT2D eigenvalue weighted by Crippen LogP contribution is -2.14. The maximum atomic E-state index is 12.7. The van der Waals surface area contributed by atoms with Crippen molar-refractivity contribution < 1.29 is 17.9 Å². The molecule has 0 aliphatic carbocycles. The second-order valence-electron chi connectivity index (χ2n) is 6.94. The summed E-state index contributed by atoms with van der Waals surface area (Å²) < 4.78 is 32.9. The minimum absolute atomic E-state index is 0.0706. The van der Waals surface area contributed by atoms with Crippen LogP contribution in [0.25, 0.3) is 11.0 Å². The zero-order chi connectivity index (χ0) is 23.3. The molecule has 0 atom stereocenters. The molecule has 0 spiro atoms. The molecule has 0 bridgehead atoms. The van der Waals surface area contributed by atoms with Gasteiger partial charge in [-0.3, -0.25) is 14.5 Å². The molecule has 3 aromatic carbocycles. The van der Waals surface area contributed by atoms with Gasteiger partial charge in [-0.1, -0.05) is 12.1 Å². The van der Waals surface area contributed by atoms with Gasteiger partial charge in [0.15, 0.2) is 11.6 Å². The van der Waals surface area contributed by atoms with Crippen molar-refractivity contribution in [3.05, 3.63) is 96.8 Å². The van der Waals surface area contributed by atoms with E-state index < -0.39 is 10.0 Å². The Hall–Kier alpha value is -4.24. The summed E-state index contributed by atoms with van der Waals surface area (Å²) in [6.45, 7) is 0. The molecule has 0 amide bonds. The Morgan fingerprint density at radius 2 is 1.64 bits per heavy atom. The van der Waals surface area contributed by atoms with E-state index in [9.17, 15) is 13.2 Å². The second-order valence-corrected chi connectivity index (χ2v) is 8.63. The smallest absolute Gasteiger partial charge is 0.263 e. The van der Waals surface area contributed by atoms with Crippen LogP contribution in [-0.4, -0.2) is 31.3 Å². The first-order valence-electron chi connectivity index (χ1n) is 9.91. The van der Waals surface area contributed by atoms with Crippen molar-refractivity contribution >= 4 is 38.3 Å². The lowest BCUT2D eigenvalue weighted by atomic mass is 10.1. The van der Waals surface area contributed by atoms with Gasteiger partial charge in [-0.15, -0.1) is 0 Å². The number of sulfonamides is 1. The number of nitrogens with one attached hydrogen (secondary N) is 2. The third-order valence-corrected chi connectivity index (χ3v) is 6.08. The summed E-state index contributed by atoms with van der Waals surface area (Å²) >= 11 is 0. The molecule has 0 radical (unpaired) electrons. The van der Waals surface area contributed by atoms with Crippen molar-refractivity contribution in [1.82, 2.24) is 9.97 Å². The lowest BCUT2D eigenvalue weighted by Gasteiger charge is -2.08. The Morgan fingerprint density at radius 3 is 2.33 bits per heavy atom. The summed E-state index contributed by atoms with van der Waals surface area (Å²) in [5.74, 6) is 0.631. The number of fused-ring (bicyclic) bond motifs is 1. The fourth-order valence-corrected chi connectivity index (χ4v) is 3.98. The quantitative estimate of drug-likeness (QED) is 0.299. The number of hydrogen-bond donors (Lipinski definition) is 2. The summed E-state index contributed by atoms with van der Waals surface area (Å²) in [6.07, 6.45) is 4.27. The van der Waals surface area contributed by atoms with Gasteiger partial charge in [0, 0.05) is 23.5 Å². The summed E-state index contributed by atoms with van der Waals surface area (Å²) in [5.41, 5.74) is 2.42. The third-order valence-electron chi connectivity index (χ3n) is 4.71. The fraction of sp³-hybridized carbons (Fsp3) is 0.0417. The van der Waals surface area contributed by atoms with Crippen molar-refractivity contribution in [2.45, 2.75) is 4.90 Å². The Morgan fingerprint density at radius 1 is 0.939 bits per heavy atom. The third kappa shape index (κ3) is 5.34. The van der Waals surface area contributed by atoms with Gasteiger partial charge in [0.1, 0.15) is 5.75 Å². The molecule has 4 aromatic rings. The number of benzene rings is 3. The highest BCUT2D eigenvalue weighted by molar-refractivity contribution is 7.92. The normalized spacial score (nSPS) is 11.4. The van der Waals surface area contributed by atoms with E-state index in [0.29, 0.717) is 28.0 Å². The van der Waals surface area contributed by atoms with Crippen LogP contribution in [0.5, 0.6) is 5.75 Å². The number of rotatable bonds is 8. The maximum Gasteiger partial charge on any atom is 0.263 e. The number of methoxy groups -OCH3 is 1. The van der Waals surface area contributed by atoms with E-state index in [-0.39, 0.29) is 16.5 Å². The molecule has 1 heterocycles. The van der Waals surface area contributed by atoms with Gasteiger partial charge >= 0.3 is 0 Å². The number of hydrogen-bond acceptors (Lipinski definition) is 7. The van der Waals surface area contributed by atoms with E-state index in [1.54, 1.807) is 61.7 Å². The van der Waals surface area contributed by atoms with E-state index in [0.717, 1.165) is 0 Å². The molecule has 166 valence electrons. The Labute approximate surface area is 191 Å². The average Bonchev–Trinajstić information content (AvgIpc) is 2.84. The van der Waals surface area contributed by atoms with Gasteiger partial charge < -0.3 is 10.1 Å². The molecular formula is C24H20N4O4S. The molecule has 0 saturated carbocycles. The standard InChI is InChI=1S/C24H20N4O4S/c1-32-19-10-6-17(7-11-19)23(29)14-15-25-18-8-12-20(13-9-18)33(30,31)28-24-16-26-21-4-2-3-5-22(21)27-24/h2-16,25H,1H3,(H,27,28). The van der Waals surface area contributed by atoms with Crippen LogP contribution in [0.3, 0.4) is 0 Å². The summed E-state index contributed by atoms with van der Waals surface area (Å²) in [6, 6.07) is 20.1. The van der Waals surface area contributed by atoms with E-state index in [1.807, 2.05) is 6.07 Å². The first-order chi connectivity index (χ1) is 15.9. The molecule has 9 heteroatoms. The fourth-order valence-electron chi connectivity index (χ4n) is 3.00. The Balaban J connectivity index is 1.40. The molecule has 0 aliphatic heterocycles. The second kappa shape index (κ2) is 9.49. The molecule has 2 N–H and O–H groups in total. The first-order valence-corrected chi connectivity index (χ1v) is 11.4.